The van der Waals surface area contributed by atoms with E-state index in [0.717, 1.165) is 22.7 Å². The molecular weight excluding hydrogens is 318 g/mol. The second-order valence-electron chi connectivity index (χ2n) is 4.89. The lowest BCUT2D eigenvalue weighted by atomic mass is 10.1. The summed E-state index contributed by atoms with van der Waals surface area (Å²) >= 11 is 7.43. The zero-order valence-electron chi connectivity index (χ0n) is 12.2. The number of benzene rings is 1. The molecule has 0 saturated heterocycles. The maximum absolute atomic E-state index is 11.9. The van der Waals surface area contributed by atoms with Gasteiger partial charge >= 0.3 is 0 Å². The molecular formula is C16H16ClN3OS. The number of thiazole rings is 1. The van der Waals surface area contributed by atoms with E-state index in [1.165, 1.54) is 0 Å². The Labute approximate surface area is 138 Å². The molecule has 1 heterocycles. The van der Waals surface area contributed by atoms with Gasteiger partial charge in [-0.3, -0.25) is 4.79 Å². The van der Waals surface area contributed by atoms with Gasteiger partial charge in [-0.25, -0.2) is 4.98 Å². The number of halogens is 1. The number of carbonyl (C=O) groups excluding carboxylic acids is 1. The van der Waals surface area contributed by atoms with E-state index in [0.29, 0.717) is 17.9 Å². The summed E-state index contributed by atoms with van der Waals surface area (Å²) in [4.78, 5) is 16.3. The van der Waals surface area contributed by atoms with E-state index in [1.807, 2.05) is 12.3 Å². The highest BCUT2D eigenvalue weighted by molar-refractivity contribution is 7.09. The minimum Gasteiger partial charge on any atom is -0.337 e. The van der Waals surface area contributed by atoms with Crippen LogP contribution in [0, 0.1) is 18.3 Å². The second-order valence-corrected chi connectivity index (χ2v) is 6.39. The van der Waals surface area contributed by atoms with Crippen LogP contribution in [0.25, 0.3) is 0 Å². The monoisotopic (exact) mass is 333 g/mol. The van der Waals surface area contributed by atoms with Gasteiger partial charge in [0.15, 0.2) is 0 Å². The zero-order valence-corrected chi connectivity index (χ0v) is 13.7. The number of aromatic nitrogens is 1. The van der Waals surface area contributed by atoms with Crippen molar-refractivity contribution in [1.29, 1.82) is 5.26 Å². The summed E-state index contributed by atoms with van der Waals surface area (Å²) in [6, 6.07) is 8.35. The summed E-state index contributed by atoms with van der Waals surface area (Å²) in [5.41, 5.74) is 1.75. The molecule has 0 saturated carbocycles. The average Bonchev–Trinajstić information content (AvgIpc) is 2.91. The molecule has 22 heavy (non-hydrogen) atoms. The van der Waals surface area contributed by atoms with Crippen molar-refractivity contribution in [3.63, 3.8) is 0 Å². The fraction of sp³-hybridized carbons (Fsp3) is 0.312. The van der Waals surface area contributed by atoms with Crippen LogP contribution in [0.15, 0.2) is 29.6 Å². The van der Waals surface area contributed by atoms with Crippen LogP contribution in [0.4, 0.5) is 0 Å². The van der Waals surface area contributed by atoms with Crippen LogP contribution in [0.2, 0.25) is 5.02 Å². The van der Waals surface area contributed by atoms with Crippen LogP contribution in [0.3, 0.4) is 0 Å². The van der Waals surface area contributed by atoms with E-state index >= 15 is 0 Å². The van der Waals surface area contributed by atoms with Gasteiger partial charge in [-0.2, -0.15) is 5.26 Å². The normalized spacial score (nSPS) is 11.7. The molecule has 2 aromatic rings. The number of hydrogen-bond donors (Lipinski definition) is 1. The van der Waals surface area contributed by atoms with Gasteiger partial charge in [0.25, 0.3) is 0 Å². The number of amides is 1. The Bertz CT molecular complexity index is 675. The summed E-state index contributed by atoms with van der Waals surface area (Å²) in [5.74, 6) is -0.131. The quantitative estimate of drug-likeness (QED) is 0.874. The van der Waals surface area contributed by atoms with Crippen molar-refractivity contribution >= 4 is 28.8 Å². The summed E-state index contributed by atoms with van der Waals surface area (Å²) in [6.07, 6.45) is 1.87. The van der Waals surface area contributed by atoms with E-state index in [-0.39, 0.29) is 5.91 Å². The second kappa shape index (κ2) is 7.92. The predicted octanol–water partition coefficient (Wildman–Crippen LogP) is 3.81. The molecule has 0 aliphatic rings. The van der Waals surface area contributed by atoms with E-state index in [1.54, 1.807) is 35.6 Å². The number of rotatable bonds is 6. The first-order chi connectivity index (χ1) is 10.6. The molecule has 0 aliphatic heterocycles. The Morgan fingerprint density at radius 2 is 2.18 bits per heavy atom. The largest absolute Gasteiger partial charge is 0.337 e. The van der Waals surface area contributed by atoms with E-state index in [9.17, 15) is 10.1 Å². The Hall–Kier alpha value is -1.90. The Morgan fingerprint density at radius 3 is 2.77 bits per heavy atom. The summed E-state index contributed by atoms with van der Waals surface area (Å²) in [7, 11) is 0. The molecule has 0 radical (unpaired) electrons. The van der Waals surface area contributed by atoms with Crippen molar-refractivity contribution in [3.8, 4) is 6.07 Å². The number of nitrogens with zero attached hydrogens (tertiary/aromatic N) is 2. The van der Waals surface area contributed by atoms with Crippen molar-refractivity contribution in [1.82, 2.24) is 10.3 Å². The number of aryl methyl sites for hydroxylation is 2. The van der Waals surface area contributed by atoms with Crippen LogP contribution in [-0.2, 0) is 11.2 Å². The van der Waals surface area contributed by atoms with Gasteiger partial charge < -0.3 is 5.32 Å². The van der Waals surface area contributed by atoms with Crippen LogP contribution < -0.4 is 5.32 Å². The summed E-state index contributed by atoms with van der Waals surface area (Å²) in [5, 5.41) is 15.6. The lowest BCUT2D eigenvalue weighted by Gasteiger charge is -2.12. The first-order valence-corrected chi connectivity index (χ1v) is 8.19. The molecule has 2 rings (SSSR count). The van der Waals surface area contributed by atoms with Crippen LogP contribution in [-0.4, -0.2) is 10.9 Å². The molecule has 0 fully saturated rings. The third-order valence-electron chi connectivity index (χ3n) is 3.14. The Balaban J connectivity index is 1.82. The average molecular weight is 334 g/mol. The van der Waals surface area contributed by atoms with Crippen LogP contribution >= 0.6 is 22.9 Å². The van der Waals surface area contributed by atoms with Crippen molar-refractivity contribution in [2.75, 3.05) is 0 Å². The Kier molecular flexibility index (Phi) is 5.93. The van der Waals surface area contributed by atoms with Gasteiger partial charge in [-0.05, 0) is 37.5 Å². The Morgan fingerprint density at radius 1 is 1.45 bits per heavy atom. The topological polar surface area (TPSA) is 65.8 Å². The first-order valence-electron chi connectivity index (χ1n) is 6.94. The predicted molar refractivity (Wildman–Crippen MR) is 87.7 cm³/mol. The van der Waals surface area contributed by atoms with Crippen molar-refractivity contribution in [3.05, 3.63) is 50.9 Å². The smallest absolute Gasteiger partial charge is 0.221 e. The molecule has 1 amide bonds. The van der Waals surface area contributed by atoms with Crippen molar-refractivity contribution in [2.45, 2.75) is 32.2 Å². The van der Waals surface area contributed by atoms with E-state index in [4.69, 9.17) is 11.6 Å². The maximum Gasteiger partial charge on any atom is 0.221 e. The molecule has 1 N–H and O–H groups in total. The van der Waals surface area contributed by atoms with Gasteiger partial charge in [0.2, 0.25) is 5.91 Å². The van der Waals surface area contributed by atoms with Gasteiger partial charge in [0.05, 0.1) is 16.8 Å². The van der Waals surface area contributed by atoms with Gasteiger partial charge in [-0.15, -0.1) is 11.3 Å². The lowest BCUT2D eigenvalue weighted by molar-refractivity contribution is -0.121. The number of nitrogens with one attached hydrogen (secondary N) is 1. The molecule has 114 valence electrons. The molecule has 0 spiro atoms. The molecule has 0 unspecified atom stereocenters. The molecule has 1 aromatic carbocycles. The van der Waals surface area contributed by atoms with E-state index in [2.05, 4.69) is 16.4 Å². The molecule has 0 aliphatic carbocycles. The summed E-state index contributed by atoms with van der Waals surface area (Å²) < 4.78 is 0. The van der Waals surface area contributed by atoms with Crippen molar-refractivity contribution in [2.24, 2.45) is 0 Å². The fourth-order valence-electron chi connectivity index (χ4n) is 2.03. The third-order valence-corrected chi connectivity index (χ3v) is 4.22. The highest BCUT2D eigenvalue weighted by Gasteiger charge is 2.13. The zero-order chi connectivity index (χ0) is 15.9. The molecule has 1 aromatic heterocycles. The standard InChI is InChI=1S/C16H16ClN3OS/c1-11-19-14(10-22-11)3-2-4-16(21)20-15(9-18)12-5-7-13(17)8-6-12/h5-8,10,15H,2-4H2,1H3,(H,20,21)/t15-/m0/s1. The SMILES string of the molecule is Cc1nc(CCCC(=O)N[C@@H](C#N)c2ccc(Cl)cc2)cs1. The first kappa shape index (κ1) is 16.5. The third kappa shape index (κ3) is 4.83. The van der Waals surface area contributed by atoms with Crippen LogP contribution in [0.1, 0.15) is 35.1 Å². The maximum atomic E-state index is 11.9. The highest BCUT2D eigenvalue weighted by atomic mass is 35.5. The fourth-order valence-corrected chi connectivity index (χ4v) is 2.80. The van der Waals surface area contributed by atoms with Gasteiger partial charge in [0, 0.05) is 16.8 Å². The number of nitriles is 1. The molecule has 1 atom stereocenters. The molecule has 4 nitrogen and oxygen atoms in total. The van der Waals surface area contributed by atoms with E-state index < -0.39 is 6.04 Å². The highest BCUT2D eigenvalue weighted by Crippen LogP contribution is 2.16. The molecule has 0 bridgehead atoms. The minimum atomic E-state index is -0.647. The van der Waals surface area contributed by atoms with Gasteiger partial charge in [-0.1, -0.05) is 23.7 Å². The minimum absolute atomic E-state index is 0.131. The van der Waals surface area contributed by atoms with Crippen LogP contribution in [0.5, 0.6) is 0 Å². The number of hydrogen-bond acceptors (Lipinski definition) is 4. The molecule has 6 heteroatoms. The lowest BCUT2D eigenvalue weighted by Crippen LogP contribution is -2.27. The van der Waals surface area contributed by atoms with Crippen molar-refractivity contribution < 1.29 is 4.79 Å². The van der Waals surface area contributed by atoms with Gasteiger partial charge in [0.1, 0.15) is 6.04 Å². The summed E-state index contributed by atoms with van der Waals surface area (Å²) in [6.45, 7) is 1.96. The number of carbonyl (C=O) groups is 1.